The van der Waals surface area contributed by atoms with Crippen LogP contribution in [0.15, 0.2) is 71.6 Å². The molecule has 5 nitrogen and oxygen atoms in total. The number of nitrogens with two attached hydrogens (primary N) is 1. The molecule has 0 aliphatic rings. The molecule has 0 aliphatic heterocycles. The van der Waals surface area contributed by atoms with Gasteiger partial charge in [-0.3, -0.25) is 4.79 Å². The molecule has 1 heterocycles. The van der Waals surface area contributed by atoms with Crippen molar-refractivity contribution in [3.8, 4) is 21.7 Å². The van der Waals surface area contributed by atoms with Crippen molar-refractivity contribution in [3.05, 3.63) is 94.8 Å². The first-order valence-electron chi connectivity index (χ1n) is 9.02. The van der Waals surface area contributed by atoms with E-state index in [0.717, 1.165) is 23.5 Å². The van der Waals surface area contributed by atoms with Gasteiger partial charge in [0.25, 0.3) is 0 Å². The van der Waals surface area contributed by atoms with E-state index in [1.54, 1.807) is 0 Å². The van der Waals surface area contributed by atoms with Crippen LogP contribution in [0.2, 0.25) is 0 Å². The zero-order chi connectivity index (χ0) is 23.0. The highest BCUT2D eigenvalue weighted by Gasteiger charge is 2.22. The van der Waals surface area contributed by atoms with Gasteiger partial charge in [0.1, 0.15) is 17.5 Å². The highest BCUT2D eigenvalue weighted by molar-refractivity contribution is 7.89. The van der Waals surface area contributed by atoms with Gasteiger partial charge in [-0.1, -0.05) is 24.3 Å². The summed E-state index contributed by atoms with van der Waals surface area (Å²) < 4.78 is 63.6. The van der Waals surface area contributed by atoms with E-state index >= 15 is 0 Å². The van der Waals surface area contributed by atoms with Crippen molar-refractivity contribution in [1.82, 2.24) is 4.98 Å². The Hall–Kier alpha value is -3.34. The first-order chi connectivity index (χ1) is 15.1. The van der Waals surface area contributed by atoms with E-state index in [-0.39, 0.29) is 15.5 Å². The average Bonchev–Trinajstić information content (AvgIpc) is 3.18. The number of carbonyl (C=O) groups is 1. The molecule has 4 aromatic rings. The quantitative estimate of drug-likeness (QED) is 0.422. The molecular formula is C22H13F3N2O3S2. The van der Waals surface area contributed by atoms with E-state index in [0.29, 0.717) is 27.8 Å². The van der Waals surface area contributed by atoms with Gasteiger partial charge in [-0.05, 0) is 42.0 Å². The molecule has 10 heteroatoms. The van der Waals surface area contributed by atoms with Crippen LogP contribution in [0.3, 0.4) is 0 Å². The van der Waals surface area contributed by atoms with Crippen LogP contribution in [0.4, 0.5) is 13.2 Å². The predicted octanol–water partition coefficient (Wildman–Crippen LogP) is 4.77. The van der Waals surface area contributed by atoms with Gasteiger partial charge in [0, 0.05) is 17.2 Å². The van der Waals surface area contributed by atoms with E-state index < -0.39 is 33.3 Å². The van der Waals surface area contributed by atoms with E-state index in [4.69, 9.17) is 5.14 Å². The fourth-order valence-corrected chi connectivity index (χ4v) is 4.59. The van der Waals surface area contributed by atoms with E-state index in [9.17, 15) is 26.4 Å². The zero-order valence-corrected chi connectivity index (χ0v) is 17.7. The molecular weight excluding hydrogens is 461 g/mol. The number of hydrogen-bond donors (Lipinski definition) is 1. The van der Waals surface area contributed by atoms with Crippen LogP contribution < -0.4 is 5.14 Å². The van der Waals surface area contributed by atoms with Gasteiger partial charge in [-0.15, -0.1) is 11.3 Å². The van der Waals surface area contributed by atoms with Gasteiger partial charge in [0.05, 0.1) is 15.5 Å². The van der Waals surface area contributed by atoms with Crippen molar-refractivity contribution in [1.29, 1.82) is 0 Å². The van der Waals surface area contributed by atoms with Gasteiger partial charge in [-0.2, -0.15) is 0 Å². The van der Waals surface area contributed by atoms with Crippen molar-refractivity contribution in [2.45, 2.75) is 4.90 Å². The molecule has 1 aromatic heterocycles. The Kier molecular flexibility index (Phi) is 5.68. The largest absolute Gasteiger partial charge is 0.286 e. The lowest BCUT2D eigenvalue weighted by Crippen LogP contribution is -2.11. The number of halogens is 3. The number of rotatable bonds is 5. The number of benzene rings is 3. The van der Waals surface area contributed by atoms with Crippen LogP contribution in [0.1, 0.15) is 15.4 Å². The third kappa shape index (κ3) is 4.47. The molecule has 0 aliphatic carbocycles. The molecule has 0 saturated carbocycles. The Balaban J connectivity index is 1.85. The van der Waals surface area contributed by atoms with Crippen molar-refractivity contribution >= 4 is 27.1 Å². The lowest BCUT2D eigenvalue weighted by atomic mass is 10.1. The molecule has 0 fully saturated rings. The van der Waals surface area contributed by atoms with E-state index in [1.807, 2.05) is 0 Å². The Morgan fingerprint density at radius 1 is 0.812 bits per heavy atom. The van der Waals surface area contributed by atoms with Gasteiger partial charge >= 0.3 is 0 Å². The second-order valence-electron chi connectivity index (χ2n) is 6.76. The minimum atomic E-state index is -3.91. The van der Waals surface area contributed by atoms with Crippen LogP contribution >= 0.6 is 11.3 Å². The molecule has 162 valence electrons. The van der Waals surface area contributed by atoms with Crippen LogP contribution in [0, 0.1) is 17.5 Å². The lowest BCUT2D eigenvalue weighted by Gasteiger charge is -2.04. The molecule has 4 rings (SSSR count). The highest BCUT2D eigenvalue weighted by atomic mass is 32.2. The van der Waals surface area contributed by atoms with E-state index in [2.05, 4.69) is 4.98 Å². The summed E-state index contributed by atoms with van der Waals surface area (Å²) in [4.78, 5) is 17.6. The molecule has 0 unspecified atom stereocenters. The number of carbonyl (C=O) groups excluding carboxylic acids is 1. The summed E-state index contributed by atoms with van der Waals surface area (Å²) >= 11 is 0.967. The maximum Gasteiger partial charge on any atom is 0.238 e. The Labute approximate surface area is 185 Å². The number of primary sulfonamides is 1. The predicted molar refractivity (Wildman–Crippen MR) is 114 cm³/mol. The fraction of sp³-hybridized carbons (Fsp3) is 0. The summed E-state index contributed by atoms with van der Waals surface area (Å²) in [5.41, 5.74) is 1.14. The molecule has 3 aromatic carbocycles. The van der Waals surface area contributed by atoms with Gasteiger partial charge in [0.15, 0.2) is 5.01 Å². The zero-order valence-electron chi connectivity index (χ0n) is 16.1. The topological polar surface area (TPSA) is 90.1 Å². The fourth-order valence-electron chi connectivity index (χ4n) is 3.02. The summed E-state index contributed by atoms with van der Waals surface area (Å²) in [5, 5.41) is 5.09. The monoisotopic (exact) mass is 474 g/mol. The van der Waals surface area contributed by atoms with Gasteiger partial charge in [0.2, 0.25) is 15.8 Å². The molecule has 0 radical (unpaired) electrons. The Morgan fingerprint density at radius 2 is 1.38 bits per heavy atom. The first-order valence-corrected chi connectivity index (χ1v) is 11.4. The standard InChI is InChI=1S/C22H13F3N2O3S2/c23-15-5-1-13(2-6-15)21-19(12-3-7-18(8-4-12)32(26,29)30)27-22(31-21)20(28)14-9-16(24)11-17(25)10-14/h1-11H,(H2,26,29,30). The number of hydrogen-bond acceptors (Lipinski definition) is 5. The smallest absolute Gasteiger partial charge is 0.238 e. The summed E-state index contributed by atoms with van der Waals surface area (Å²) in [7, 11) is -3.91. The van der Waals surface area contributed by atoms with Crippen molar-refractivity contribution in [3.63, 3.8) is 0 Å². The molecule has 0 atom stereocenters. The lowest BCUT2D eigenvalue weighted by molar-refractivity contribution is 0.103. The number of thiazole rings is 1. The summed E-state index contributed by atoms with van der Waals surface area (Å²) in [6.45, 7) is 0. The number of aromatic nitrogens is 1. The number of ketones is 1. The minimum absolute atomic E-state index is 0.0418. The third-order valence-corrected chi connectivity index (χ3v) is 6.54. The molecule has 0 saturated heterocycles. The summed E-state index contributed by atoms with van der Waals surface area (Å²) in [6, 6.07) is 13.5. The van der Waals surface area contributed by atoms with Gasteiger partial charge in [-0.25, -0.2) is 31.7 Å². The molecule has 32 heavy (non-hydrogen) atoms. The van der Waals surface area contributed by atoms with Crippen LogP contribution in [-0.2, 0) is 10.0 Å². The van der Waals surface area contributed by atoms with Crippen molar-refractivity contribution in [2.75, 3.05) is 0 Å². The van der Waals surface area contributed by atoms with Crippen molar-refractivity contribution in [2.24, 2.45) is 5.14 Å². The maximum absolute atomic E-state index is 13.6. The molecule has 0 spiro atoms. The van der Waals surface area contributed by atoms with Gasteiger partial charge < -0.3 is 0 Å². The maximum atomic E-state index is 13.6. The second kappa shape index (κ2) is 8.30. The molecule has 0 bridgehead atoms. The highest BCUT2D eigenvalue weighted by Crippen LogP contribution is 2.38. The van der Waals surface area contributed by atoms with Crippen LogP contribution in [0.25, 0.3) is 21.7 Å². The second-order valence-corrected chi connectivity index (χ2v) is 9.32. The Morgan fingerprint density at radius 3 is 1.94 bits per heavy atom. The molecule has 2 N–H and O–H groups in total. The van der Waals surface area contributed by atoms with Crippen LogP contribution in [-0.4, -0.2) is 19.2 Å². The average molecular weight is 474 g/mol. The number of sulfonamides is 1. The minimum Gasteiger partial charge on any atom is -0.286 e. The third-order valence-electron chi connectivity index (χ3n) is 4.51. The summed E-state index contributed by atoms with van der Waals surface area (Å²) in [6.07, 6.45) is 0. The molecule has 0 amide bonds. The number of nitrogens with zero attached hydrogens (tertiary/aromatic N) is 1. The first kappa shape index (κ1) is 21.9. The van der Waals surface area contributed by atoms with Crippen LogP contribution in [0.5, 0.6) is 0 Å². The summed E-state index contributed by atoms with van der Waals surface area (Å²) in [5.74, 6) is -2.95. The Bertz CT molecular complexity index is 1410. The van der Waals surface area contributed by atoms with E-state index in [1.165, 1.54) is 48.5 Å². The van der Waals surface area contributed by atoms with Crippen molar-refractivity contribution < 1.29 is 26.4 Å². The normalized spacial score (nSPS) is 11.5. The SMILES string of the molecule is NS(=O)(=O)c1ccc(-c2nc(C(=O)c3cc(F)cc(F)c3)sc2-c2ccc(F)cc2)cc1.